The Hall–Kier alpha value is -1.36. The van der Waals surface area contributed by atoms with Crippen LogP contribution in [0.5, 0.6) is 0 Å². The minimum Gasteiger partial charge on any atom is -0.354 e. The van der Waals surface area contributed by atoms with E-state index < -0.39 is 0 Å². The summed E-state index contributed by atoms with van der Waals surface area (Å²) >= 11 is 5.97. The van der Waals surface area contributed by atoms with Gasteiger partial charge in [0.2, 0.25) is 17.2 Å². The summed E-state index contributed by atoms with van der Waals surface area (Å²) in [7, 11) is 0. The van der Waals surface area contributed by atoms with Gasteiger partial charge in [0.05, 0.1) is 0 Å². The van der Waals surface area contributed by atoms with Crippen molar-refractivity contribution < 1.29 is 0 Å². The van der Waals surface area contributed by atoms with Crippen molar-refractivity contribution in [2.24, 2.45) is 0 Å². The maximum absolute atomic E-state index is 5.97. The highest BCUT2D eigenvalue weighted by Crippen LogP contribution is 2.20. The van der Waals surface area contributed by atoms with Crippen molar-refractivity contribution in [2.75, 3.05) is 29.9 Å². The van der Waals surface area contributed by atoms with Gasteiger partial charge >= 0.3 is 0 Å². The molecule has 1 aromatic rings. The average molecular weight is 296 g/mol. The van der Waals surface area contributed by atoms with E-state index in [0.29, 0.717) is 11.9 Å². The SMILES string of the molecule is CCN(CC)c1nc(Cl)nc(NCCC2=CCCC2)n1. The van der Waals surface area contributed by atoms with Crippen LogP contribution in [0, 0.1) is 0 Å². The van der Waals surface area contributed by atoms with Crippen molar-refractivity contribution in [3.05, 3.63) is 16.9 Å². The molecule has 0 atom stereocenters. The van der Waals surface area contributed by atoms with E-state index in [1.807, 2.05) is 0 Å². The predicted octanol–water partition coefficient (Wildman–Crippen LogP) is 3.28. The number of halogens is 1. The monoisotopic (exact) mass is 295 g/mol. The molecule has 1 aliphatic carbocycles. The summed E-state index contributed by atoms with van der Waals surface area (Å²) in [5, 5.41) is 3.48. The topological polar surface area (TPSA) is 53.9 Å². The minimum absolute atomic E-state index is 0.240. The first-order valence-corrected chi connectivity index (χ1v) is 7.69. The molecule has 0 saturated carbocycles. The maximum Gasteiger partial charge on any atom is 0.231 e. The number of allylic oxidation sites excluding steroid dienone is 1. The molecule has 0 spiro atoms. The molecule has 0 amide bonds. The van der Waals surface area contributed by atoms with E-state index in [1.165, 1.54) is 24.8 Å². The fourth-order valence-electron chi connectivity index (χ4n) is 2.37. The van der Waals surface area contributed by atoms with E-state index in [9.17, 15) is 0 Å². The standard InChI is InChI=1S/C14H22ClN5/c1-3-20(4-2)14-18-12(15)17-13(19-14)16-10-9-11-7-5-6-8-11/h7H,3-6,8-10H2,1-2H3,(H,16,17,18,19). The maximum atomic E-state index is 5.97. The van der Waals surface area contributed by atoms with Gasteiger partial charge in [-0.25, -0.2) is 0 Å². The Morgan fingerprint density at radius 1 is 1.25 bits per heavy atom. The van der Waals surface area contributed by atoms with Crippen molar-refractivity contribution in [3.63, 3.8) is 0 Å². The molecule has 0 radical (unpaired) electrons. The zero-order chi connectivity index (χ0) is 14.4. The molecule has 6 heteroatoms. The van der Waals surface area contributed by atoms with Crippen LogP contribution in [0.25, 0.3) is 0 Å². The molecule has 0 bridgehead atoms. The third-order valence-electron chi connectivity index (χ3n) is 3.51. The third kappa shape index (κ3) is 4.07. The molecular formula is C14H22ClN5. The second kappa shape index (κ2) is 7.43. The van der Waals surface area contributed by atoms with Gasteiger partial charge in [-0.15, -0.1) is 0 Å². The summed E-state index contributed by atoms with van der Waals surface area (Å²) < 4.78 is 0. The van der Waals surface area contributed by atoms with Crippen molar-refractivity contribution in [1.82, 2.24) is 15.0 Å². The fraction of sp³-hybridized carbons (Fsp3) is 0.643. The second-order valence-electron chi connectivity index (χ2n) is 4.83. The first-order valence-electron chi connectivity index (χ1n) is 7.31. The van der Waals surface area contributed by atoms with Crippen molar-refractivity contribution in [2.45, 2.75) is 39.5 Å². The van der Waals surface area contributed by atoms with Crippen LogP contribution in [0.3, 0.4) is 0 Å². The van der Waals surface area contributed by atoms with Crippen LogP contribution < -0.4 is 10.2 Å². The Kier molecular flexibility index (Phi) is 5.59. The van der Waals surface area contributed by atoms with Gasteiger partial charge in [-0.2, -0.15) is 15.0 Å². The van der Waals surface area contributed by atoms with Gasteiger partial charge < -0.3 is 10.2 Å². The van der Waals surface area contributed by atoms with Gasteiger partial charge in [0.15, 0.2) is 0 Å². The lowest BCUT2D eigenvalue weighted by atomic mass is 10.2. The molecule has 1 heterocycles. The van der Waals surface area contributed by atoms with E-state index in [1.54, 1.807) is 0 Å². The van der Waals surface area contributed by atoms with Crippen molar-refractivity contribution in [3.8, 4) is 0 Å². The van der Waals surface area contributed by atoms with E-state index in [0.717, 1.165) is 26.1 Å². The quantitative estimate of drug-likeness (QED) is 0.782. The van der Waals surface area contributed by atoms with Gasteiger partial charge in [0, 0.05) is 19.6 Å². The summed E-state index contributed by atoms with van der Waals surface area (Å²) in [4.78, 5) is 14.8. The molecule has 0 aliphatic heterocycles. The molecule has 0 unspecified atom stereocenters. The number of nitrogens with zero attached hydrogens (tertiary/aromatic N) is 4. The lowest BCUT2D eigenvalue weighted by Gasteiger charge is -2.18. The van der Waals surface area contributed by atoms with E-state index in [2.05, 4.69) is 45.1 Å². The Bertz CT molecular complexity index is 471. The van der Waals surface area contributed by atoms with Crippen LogP contribution in [-0.4, -0.2) is 34.6 Å². The number of hydrogen-bond acceptors (Lipinski definition) is 5. The molecule has 20 heavy (non-hydrogen) atoms. The van der Waals surface area contributed by atoms with E-state index in [-0.39, 0.29) is 5.28 Å². The summed E-state index contributed by atoms with van der Waals surface area (Å²) in [5.41, 5.74) is 1.53. The van der Waals surface area contributed by atoms with Gasteiger partial charge in [-0.1, -0.05) is 11.6 Å². The van der Waals surface area contributed by atoms with Gasteiger partial charge in [-0.3, -0.25) is 0 Å². The minimum atomic E-state index is 0.240. The van der Waals surface area contributed by atoms with Crippen LogP contribution >= 0.6 is 11.6 Å². The zero-order valence-electron chi connectivity index (χ0n) is 12.2. The Labute approximate surface area is 125 Å². The Morgan fingerprint density at radius 2 is 2.05 bits per heavy atom. The lowest BCUT2D eigenvalue weighted by molar-refractivity contribution is 0.808. The summed E-state index contributed by atoms with van der Waals surface area (Å²) in [5.74, 6) is 1.20. The number of anilines is 2. The van der Waals surface area contributed by atoms with Gasteiger partial charge in [0.25, 0.3) is 0 Å². The Balaban J connectivity index is 1.96. The third-order valence-corrected chi connectivity index (χ3v) is 3.68. The normalized spacial score (nSPS) is 14.2. The van der Waals surface area contributed by atoms with Crippen LogP contribution in [0.4, 0.5) is 11.9 Å². The number of hydrogen-bond donors (Lipinski definition) is 1. The largest absolute Gasteiger partial charge is 0.354 e. The van der Waals surface area contributed by atoms with Crippen LogP contribution in [0.2, 0.25) is 5.28 Å². The molecule has 5 nitrogen and oxygen atoms in total. The highest BCUT2D eigenvalue weighted by molar-refractivity contribution is 6.28. The van der Waals surface area contributed by atoms with E-state index in [4.69, 9.17) is 11.6 Å². The number of aromatic nitrogens is 3. The summed E-state index contributed by atoms with van der Waals surface area (Å²) in [6, 6.07) is 0. The van der Waals surface area contributed by atoms with Crippen LogP contribution in [0.1, 0.15) is 39.5 Å². The molecule has 110 valence electrons. The fourth-order valence-corrected chi connectivity index (χ4v) is 2.52. The smallest absolute Gasteiger partial charge is 0.231 e. The first-order chi connectivity index (χ1) is 9.72. The number of rotatable bonds is 7. The summed E-state index contributed by atoms with van der Waals surface area (Å²) in [6.07, 6.45) is 7.12. The highest BCUT2D eigenvalue weighted by Gasteiger charge is 2.10. The van der Waals surface area contributed by atoms with Gasteiger partial charge in [-0.05, 0) is 51.1 Å². The highest BCUT2D eigenvalue weighted by atomic mass is 35.5. The molecule has 1 aromatic heterocycles. The Morgan fingerprint density at radius 3 is 2.70 bits per heavy atom. The second-order valence-corrected chi connectivity index (χ2v) is 5.17. The molecule has 2 rings (SSSR count). The zero-order valence-corrected chi connectivity index (χ0v) is 12.9. The van der Waals surface area contributed by atoms with E-state index >= 15 is 0 Å². The molecule has 1 N–H and O–H groups in total. The van der Waals surface area contributed by atoms with Crippen molar-refractivity contribution >= 4 is 23.5 Å². The lowest BCUT2D eigenvalue weighted by Crippen LogP contribution is -2.25. The molecule has 0 saturated heterocycles. The van der Waals surface area contributed by atoms with Crippen LogP contribution in [0.15, 0.2) is 11.6 Å². The molecule has 0 fully saturated rings. The number of nitrogens with one attached hydrogen (secondary N) is 1. The average Bonchev–Trinajstić information content (AvgIpc) is 2.93. The van der Waals surface area contributed by atoms with Crippen LogP contribution in [-0.2, 0) is 0 Å². The van der Waals surface area contributed by atoms with Crippen molar-refractivity contribution in [1.29, 1.82) is 0 Å². The predicted molar refractivity (Wildman–Crippen MR) is 83.4 cm³/mol. The first kappa shape index (κ1) is 15.0. The van der Waals surface area contributed by atoms with Gasteiger partial charge in [0.1, 0.15) is 0 Å². The molecule has 1 aliphatic rings. The summed E-state index contributed by atoms with van der Waals surface area (Å²) in [6.45, 7) is 6.68. The molecule has 0 aromatic carbocycles. The molecular weight excluding hydrogens is 274 g/mol.